The number of carbonyl (C=O) groups is 2. The van der Waals surface area contributed by atoms with Gasteiger partial charge >= 0.3 is 0 Å². The smallest absolute Gasteiger partial charge is 0.264 e. The molecule has 0 spiro atoms. The highest BCUT2D eigenvalue weighted by molar-refractivity contribution is 7.92. The standard InChI is InChI=1S/C25H27N3O5S/c1-4-33-23-13-15-24(16-14-23)34(31,32)28(22-11-5-18(2)6-12-22)17-25(30)27-21-9-7-20(8-10-21)26-19(3)29/h5-16H,4,17H2,1-3H3,(H,26,29)(H,27,30). The Hall–Kier alpha value is -3.85. The second-order valence-corrected chi connectivity index (χ2v) is 9.42. The fourth-order valence-electron chi connectivity index (χ4n) is 3.20. The van der Waals surface area contributed by atoms with Crippen LogP contribution in [0.3, 0.4) is 0 Å². The minimum atomic E-state index is -4.04. The molecule has 0 radical (unpaired) electrons. The van der Waals surface area contributed by atoms with Gasteiger partial charge in [0.25, 0.3) is 10.0 Å². The highest BCUT2D eigenvalue weighted by atomic mass is 32.2. The third kappa shape index (κ3) is 6.35. The summed E-state index contributed by atoms with van der Waals surface area (Å²) in [6.07, 6.45) is 0. The van der Waals surface area contributed by atoms with Crippen molar-refractivity contribution in [3.63, 3.8) is 0 Å². The van der Waals surface area contributed by atoms with Gasteiger partial charge in [0.05, 0.1) is 17.2 Å². The molecule has 0 fully saturated rings. The third-order valence-corrected chi connectivity index (χ3v) is 6.61. The van der Waals surface area contributed by atoms with E-state index in [0.29, 0.717) is 29.4 Å². The summed E-state index contributed by atoms with van der Waals surface area (Å²) in [5.74, 6) is -0.156. The number of hydrogen-bond acceptors (Lipinski definition) is 5. The van der Waals surface area contributed by atoms with Gasteiger partial charge in [0.1, 0.15) is 12.3 Å². The highest BCUT2D eigenvalue weighted by Crippen LogP contribution is 2.26. The highest BCUT2D eigenvalue weighted by Gasteiger charge is 2.27. The summed E-state index contributed by atoms with van der Waals surface area (Å²) in [6, 6.07) is 19.5. The van der Waals surface area contributed by atoms with Gasteiger partial charge in [-0.05, 0) is 74.5 Å². The Morgan fingerprint density at radius 1 is 0.853 bits per heavy atom. The lowest BCUT2D eigenvalue weighted by molar-refractivity contribution is -0.115. The molecule has 34 heavy (non-hydrogen) atoms. The van der Waals surface area contributed by atoms with Crippen LogP contribution in [-0.2, 0) is 19.6 Å². The molecule has 0 heterocycles. The number of anilines is 3. The van der Waals surface area contributed by atoms with Gasteiger partial charge in [-0.3, -0.25) is 13.9 Å². The fourth-order valence-corrected chi connectivity index (χ4v) is 4.62. The predicted octanol–water partition coefficient (Wildman–Crippen LogP) is 4.19. The molecule has 9 heteroatoms. The van der Waals surface area contributed by atoms with E-state index in [1.807, 2.05) is 13.8 Å². The second-order valence-electron chi connectivity index (χ2n) is 7.56. The fraction of sp³-hybridized carbons (Fsp3) is 0.200. The van der Waals surface area contributed by atoms with Crippen molar-refractivity contribution in [3.05, 3.63) is 78.4 Å². The third-order valence-electron chi connectivity index (χ3n) is 4.82. The summed E-state index contributed by atoms with van der Waals surface area (Å²) in [5.41, 5.74) is 2.40. The molecular formula is C25H27N3O5S. The molecule has 8 nitrogen and oxygen atoms in total. The SMILES string of the molecule is CCOc1ccc(S(=O)(=O)N(CC(=O)Nc2ccc(NC(C)=O)cc2)c2ccc(C)cc2)cc1. The molecular weight excluding hydrogens is 454 g/mol. The lowest BCUT2D eigenvalue weighted by Gasteiger charge is -2.24. The number of carbonyl (C=O) groups excluding carboxylic acids is 2. The van der Waals surface area contributed by atoms with E-state index in [1.165, 1.54) is 19.1 Å². The van der Waals surface area contributed by atoms with E-state index in [9.17, 15) is 18.0 Å². The van der Waals surface area contributed by atoms with E-state index >= 15 is 0 Å². The van der Waals surface area contributed by atoms with Gasteiger partial charge < -0.3 is 15.4 Å². The van der Waals surface area contributed by atoms with Crippen LogP contribution < -0.4 is 19.7 Å². The van der Waals surface area contributed by atoms with Crippen LogP contribution in [0.15, 0.2) is 77.7 Å². The Morgan fingerprint density at radius 3 is 1.94 bits per heavy atom. The summed E-state index contributed by atoms with van der Waals surface area (Å²) in [5, 5.41) is 5.35. The zero-order chi connectivity index (χ0) is 24.7. The van der Waals surface area contributed by atoms with E-state index < -0.39 is 22.5 Å². The Balaban J connectivity index is 1.85. The largest absolute Gasteiger partial charge is 0.494 e. The monoisotopic (exact) mass is 481 g/mol. The lowest BCUT2D eigenvalue weighted by atomic mass is 10.2. The molecule has 0 aliphatic heterocycles. The van der Waals surface area contributed by atoms with Gasteiger partial charge in [0.2, 0.25) is 11.8 Å². The first-order valence-corrected chi connectivity index (χ1v) is 12.1. The number of nitrogens with zero attached hydrogens (tertiary/aromatic N) is 1. The lowest BCUT2D eigenvalue weighted by Crippen LogP contribution is -2.38. The molecule has 0 atom stereocenters. The summed E-state index contributed by atoms with van der Waals surface area (Å²) in [7, 11) is -4.04. The molecule has 0 aromatic heterocycles. The molecule has 0 unspecified atom stereocenters. The maximum atomic E-state index is 13.5. The molecule has 0 saturated heterocycles. The minimum Gasteiger partial charge on any atom is -0.494 e. The zero-order valence-electron chi connectivity index (χ0n) is 19.2. The van der Waals surface area contributed by atoms with Crippen LogP contribution in [0.1, 0.15) is 19.4 Å². The maximum absolute atomic E-state index is 13.5. The average Bonchev–Trinajstić information content (AvgIpc) is 2.80. The van der Waals surface area contributed by atoms with Gasteiger partial charge in [-0.25, -0.2) is 8.42 Å². The molecule has 0 aliphatic carbocycles. The van der Waals surface area contributed by atoms with Crippen LogP contribution in [0.2, 0.25) is 0 Å². The van der Waals surface area contributed by atoms with Crippen LogP contribution >= 0.6 is 0 Å². The van der Waals surface area contributed by atoms with E-state index in [1.54, 1.807) is 60.7 Å². The van der Waals surface area contributed by atoms with Crippen molar-refractivity contribution in [1.82, 2.24) is 0 Å². The molecule has 2 amide bonds. The van der Waals surface area contributed by atoms with Crippen LogP contribution in [0.4, 0.5) is 17.1 Å². The van der Waals surface area contributed by atoms with E-state index in [2.05, 4.69) is 10.6 Å². The summed E-state index contributed by atoms with van der Waals surface area (Å²) >= 11 is 0. The number of sulfonamides is 1. The van der Waals surface area contributed by atoms with Gasteiger partial charge in [0.15, 0.2) is 0 Å². The molecule has 0 bridgehead atoms. The first-order chi connectivity index (χ1) is 16.2. The Morgan fingerprint density at radius 2 is 1.41 bits per heavy atom. The Kier molecular flexibility index (Phi) is 7.91. The summed E-state index contributed by atoms with van der Waals surface area (Å²) < 4.78 is 33.4. The van der Waals surface area contributed by atoms with Gasteiger partial charge in [-0.1, -0.05) is 17.7 Å². The van der Waals surface area contributed by atoms with Crippen molar-refractivity contribution in [2.45, 2.75) is 25.7 Å². The normalized spacial score (nSPS) is 10.9. The van der Waals surface area contributed by atoms with Crippen molar-refractivity contribution in [2.24, 2.45) is 0 Å². The number of nitrogens with one attached hydrogen (secondary N) is 2. The molecule has 2 N–H and O–H groups in total. The first-order valence-electron chi connectivity index (χ1n) is 10.7. The Bertz CT molecular complexity index is 1240. The van der Waals surface area contributed by atoms with Crippen LogP contribution in [0, 0.1) is 6.92 Å². The van der Waals surface area contributed by atoms with E-state index in [4.69, 9.17) is 4.74 Å². The minimum absolute atomic E-state index is 0.0454. The maximum Gasteiger partial charge on any atom is 0.264 e. The Labute approximate surface area is 199 Å². The number of aryl methyl sites for hydroxylation is 1. The first kappa shape index (κ1) is 24.8. The van der Waals surface area contributed by atoms with Crippen molar-refractivity contribution < 1.29 is 22.7 Å². The number of benzene rings is 3. The summed E-state index contributed by atoms with van der Waals surface area (Å²) in [6.45, 7) is 5.18. The van der Waals surface area contributed by atoms with E-state index in [0.717, 1.165) is 9.87 Å². The van der Waals surface area contributed by atoms with Crippen LogP contribution in [0.25, 0.3) is 0 Å². The number of rotatable bonds is 9. The number of amides is 2. The van der Waals surface area contributed by atoms with Gasteiger partial charge in [-0.15, -0.1) is 0 Å². The quantitative estimate of drug-likeness (QED) is 0.477. The topological polar surface area (TPSA) is 105 Å². The van der Waals surface area contributed by atoms with Crippen molar-refractivity contribution in [2.75, 3.05) is 28.1 Å². The molecule has 178 valence electrons. The van der Waals surface area contributed by atoms with E-state index in [-0.39, 0.29) is 10.8 Å². The number of hydrogen-bond donors (Lipinski definition) is 2. The van der Waals surface area contributed by atoms with Gasteiger partial charge in [0, 0.05) is 18.3 Å². The van der Waals surface area contributed by atoms with Gasteiger partial charge in [-0.2, -0.15) is 0 Å². The second kappa shape index (κ2) is 10.8. The molecule has 3 aromatic carbocycles. The van der Waals surface area contributed by atoms with Crippen molar-refractivity contribution >= 4 is 38.9 Å². The molecule has 3 aromatic rings. The predicted molar refractivity (Wildman–Crippen MR) is 133 cm³/mol. The summed E-state index contributed by atoms with van der Waals surface area (Å²) in [4.78, 5) is 24.0. The van der Waals surface area contributed by atoms with Crippen molar-refractivity contribution in [1.29, 1.82) is 0 Å². The molecule has 3 rings (SSSR count). The van der Waals surface area contributed by atoms with Crippen molar-refractivity contribution in [3.8, 4) is 5.75 Å². The van der Waals surface area contributed by atoms with Crippen LogP contribution in [0.5, 0.6) is 5.75 Å². The zero-order valence-corrected chi connectivity index (χ0v) is 20.1. The number of ether oxygens (including phenoxy) is 1. The molecule has 0 aliphatic rings. The van der Waals surface area contributed by atoms with Crippen LogP contribution in [-0.4, -0.2) is 33.4 Å². The average molecular weight is 482 g/mol. The molecule has 0 saturated carbocycles.